The van der Waals surface area contributed by atoms with Crippen LogP contribution in [0.25, 0.3) is 0 Å². The van der Waals surface area contributed by atoms with E-state index in [-0.39, 0.29) is 19.8 Å². The number of hydrogen-bond acceptors (Lipinski definition) is 5. The minimum Gasteiger partial charge on any atom is -0.463 e. The van der Waals surface area contributed by atoms with E-state index in [1.54, 1.807) is 13.8 Å². The third-order valence-electron chi connectivity index (χ3n) is 3.26. The molecule has 0 aliphatic rings. The van der Waals surface area contributed by atoms with Gasteiger partial charge in [-0.1, -0.05) is 62.9 Å². The average molecular weight is 559 g/mol. The Balaban J connectivity index is 2.60. The van der Waals surface area contributed by atoms with Crippen molar-refractivity contribution in [3.8, 4) is 0 Å². The van der Waals surface area contributed by atoms with E-state index in [1.165, 1.54) is 5.56 Å². The van der Waals surface area contributed by atoms with Crippen LogP contribution < -0.4 is 4.90 Å². The Bertz CT molecular complexity index is 506. The summed E-state index contributed by atoms with van der Waals surface area (Å²) in [7, 11) is 0. The molecule has 2 atom stereocenters. The van der Waals surface area contributed by atoms with Crippen molar-refractivity contribution in [3.63, 3.8) is 0 Å². The first-order valence-corrected chi connectivity index (χ1v) is 10.2. The first-order valence-electron chi connectivity index (χ1n) is 7.74. The molecule has 7 heteroatoms. The van der Waals surface area contributed by atoms with E-state index in [2.05, 4.69) is 4.90 Å². The van der Waals surface area contributed by atoms with Gasteiger partial charge in [0.05, 0.1) is 13.1 Å². The predicted molar refractivity (Wildman–Crippen MR) is 112 cm³/mol. The first-order chi connectivity index (χ1) is 11.3. The lowest BCUT2D eigenvalue weighted by Crippen LogP contribution is -2.33. The van der Waals surface area contributed by atoms with Crippen molar-refractivity contribution in [2.45, 2.75) is 28.6 Å². The minimum atomic E-state index is -0.218. The first kappa shape index (κ1) is 21.5. The highest BCUT2D eigenvalue weighted by Crippen LogP contribution is 2.15. The Morgan fingerprint density at radius 2 is 1.38 bits per heavy atom. The van der Waals surface area contributed by atoms with Crippen LogP contribution in [0.1, 0.15) is 19.4 Å². The summed E-state index contributed by atoms with van der Waals surface area (Å²) in [6.45, 7) is 7.33. The molecule has 0 aliphatic carbocycles. The summed E-state index contributed by atoms with van der Waals surface area (Å²) >= 11 is 4.06. The summed E-state index contributed by atoms with van der Waals surface area (Å²) in [6.07, 6.45) is 0. The molecule has 0 amide bonds. The van der Waals surface area contributed by atoms with E-state index >= 15 is 0 Å². The molecule has 0 aliphatic heterocycles. The number of hydrogen-bond donors (Lipinski definition) is 0. The van der Waals surface area contributed by atoms with E-state index in [9.17, 15) is 9.59 Å². The van der Waals surface area contributed by atoms with Crippen molar-refractivity contribution in [2.24, 2.45) is 0 Å². The van der Waals surface area contributed by atoms with Crippen LogP contribution in [0.3, 0.4) is 0 Å². The van der Waals surface area contributed by atoms with Crippen molar-refractivity contribution in [3.05, 3.63) is 29.8 Å². The summed E-state index contributed by atoms with van der Waals surface area (Å²) in [6, 6.07) is 8.09. The van der Waals surface area contributed by atoms with Crippen molar-refractivity contribution in [1.82, 2.24) is 0 Å². The molecule has 0 radical (unpaired) electrons. The molecule has 2 unspecified atom stereocenters. The van der Waals surface area contributed by atoms with Crippen molar-refractivity contribution < 1.29 is 19.1 Å². The zero-order valence-corrected chi connectivity index (χ0v) is 18.4. The number of esters is 2. The maximum Gasteiger partial charge on any atom is 0.318 e. The average Bonchev–Trinajstić information content (AvgIpc) is 2.53. The van der Waals surface area contributed by atoms with E-state index < -0.39 is 0 Å². The van der Waals surface area contributed by atoms with Gasteiger partial charge < -0.3 is 14.4 Å². The highest BCUT2D eigenvalue weighted by molar-refractivity contribution is 14.1. The van der Waals surface area contributed by atoms with E-state index in [4.69, 9.17) is 9.47 Å². The third-order valence-corrected chi connectivity index (χ3v) is 4.28. The molecule has 0 spiro atoms. The number of alkyl halides is 2. The van der Waals surface area contributed by atoms with E-state index in [0.717, 1.165) is 5.69 Å². The lowest BCUT2D eigenvalue weighted by atomic mass is 10.2. The van der Waals surface area contributed by atoms with Gasteiger partial charge in [-0.25, -0.2) is 0 Å². The number of nitrogens with zero attached hydrogens (tertiary/aromatic N) is 1. The molecule has 5 nitrogen and oxygen atoms in total. The fourth-order valence-corrected chi connectivity index (χ4v) is 2.23. The smallest absolute Gasteiger partial charge is 0.318 e. The van der Waals surface area contributed by atoms with Gasteiger partial charge in [-0.2, -0.15) is 0 Å². The van der Waals surface area contributed by atoms with Gasteiger partial charge >= 0.3 is 11.9 Å². The molecule has 0 aromatic heterocycles. The highest BCUT2D eigenvalue weighted by atomic mass is 127. The van der Waals surface area contributed by atoms with Gasteiger partial charge in [0.25, 0.3) is 0 Å². The number of anilines is 1. The quantitative estimate of drug-likeness (QED) is 0.264. The van der Waals surface area contributed by atoms with Gasteiger partial charge in [-0.05, 0) is 32.9 Å². The molecule has 0 fully saturated rings. The van der Waals surface area contributed by atoms with Crippen molar-refractivity contribution in [1.29, 1.82) is 0 Å². The number of carbonyl (C=O) groups is 2. The maximum atomic E-state index is 11.6. The summed E-state index contributed by atoms with van der Waals surface area (Å²) in [5, 5.41) is 0. The molecule has 1 aromatic carbocycles. The van der Waals surface area contributed by atoms with Gasteiger partial charge in [-0.3, -0.25) is 9.59 Å². The zero-order valence-electron chi connectivity index (χ0n) is 14.1. The van der Waals surface area contributed by atoms with Crippen LogP contribution >= 0.6 is 45.2 Å². The zero-order chi connectivity index (χ0) is 18.1. The van der Waals surface area contributed by atoms with Crippen LogP contribution in [0, 0.1) is 6.92 Å². The number of halogens is 2. The second kappa shape index (κ2) is 11.1. The normalized spacial score (nSPS) is 13.0. The van der Waals surface area contributed by atoms with Crippen LogP contribution in [-0.2, 0) is 19.1 Å². The topological polar surface area (TPSA) is 55.8 Å². The molecule has 134 valence electrons. The summed E-state index contributed by atoms with van der Waals surface area (Å²) in [5.74, 6) is -0.436. The molecule has 0 bridgehead atoms. The standard InChI is InChI=1S/C17H23I2NO4/c1-12-4-6-15(7-5-12)20(8-10-23-16(21)13(2)18)9-11-24-17(22)14(3)19/h4-7,13-14H,8-11H2,1-3H3. The van der Waals surface area contributed by atoms with Crippen LogP contribution in [0.2, 0.25) is 0 Å². The maximum absolute atomic E-state index is 11.6. The second-order valence-corrected chi connectivity index (χ2v) is 9.13. The molecule has 0 N–H and O–H groups in total. The highest BCUT2D eigenvalue weighted by Gasteiger charge is 2.14. The summed E-state index contributed by atoms with van der Waals surface area (Å²) in [5.41, 5.74) is 2.19. The molecular weight excluding hydrogens is 536 g/mol. The monoisotopic (exact) mass is 559 g/mol. The predicted octanol–water partition coefficient (Wildman–Crippen LogP) is 3.53. The van der Waals surface area contributed by atoms with Gasteiger partial charge in [0, 0.05) is 5.69 Å². The number of carbonyl (C=O) groups excluding carboxylic acids is 2. The van der Waals surface area contributed by atoms with E-state index in [0.29, 0.717) is 26.3 Å². The number of aryl methyl sites for hydroxylation is 1. The Morgan fingerprint density at radius 1 is 0.958 bits per heavy atom. The third kappa shape index (κ3) is 8.00. The molecule has 0 saturated carbocycles. The molecule has 1 rings (SSSR count). The number of benzene rings is 1. The van der Waals surface area contributed by atoms with Crippen molar-refractivity contribution in [2.75, 3.05) is 31.2 Å². The largest absolute Gasteiger partial charge is 0.463 e. The van der Waals surface area contributed by atoms with Crippen LogP contribution in [-0.4, -0.2) is 46.1 Å². The Labute approximate surface area is 170 Å². The van der Waals surface area contributed by atoms with E-state index in [1.807, 2.05) is 76.4 Å². The fourth-order valence-electron chi connectivity index (χ4n) is 1.87. The van der Waals surface area contributed by atoms with Crippen LogP contribution in [0.5, 0.6) is 0 Å². The van der Waals surface area contributed by atoms with Crippen molar-refractivity contribution >= 4 is 62.8 Å². The van der Waals surface area contributed by atoms with Crippen LogP contribution in [0.4, 0.5) is 5.69 Å². The molecule has 0 saturated heterocycles. The Kier molecular flexibility index (Phi) is 9.94. The van der Waals surface area contributed by atoms with Gasteiger partial charge in [0.1, 0.15) is 21.1 Å². The molecular formula is C17H23I2NO4. The lowest BCUT2D eigenvalue weighted by molar-refractivity contribution is -0.142. The van der Waals surface area contributed by atoms with Gasteiger partial charge in [-0.15, -0.1) is 0 Å². The number of ether oxygens (including phenoxy) is 2. The van der Waals surface area contributed by atoms with Gasteiger partial charge in [0.2, 0.25) is 0 Å². The second-order valence-electron chi connectivity index (χ2n) is 5.39. The fraction of sp³-hybridized carbons (Fsp3) is 0.529. The summed E-state index contributed by atoms with van der Waals surface area (Å²) in [4.78, 5) is 25.2. The Morgan fingerprint density at radius 3 is 1.75 bits per heavy atom. The molecule has 24 heavy (non-hydrogen) atoms. The SMILES string of the molecule is Cc1ccc(N(CCOC(=O)C(C)I)CCOC(=O)C(C)I)cc1. The molecule has 0 heterocycles. The number of rotatable bonds is 9. The summed E-state index contributed by atoms with van der Waals surface area (Å²) < 4.78 is 10.2. The lowest BCUT2D eigenvalue weighted by Gasteiger charge is -2.25. The molecule has 1 aromatic rings. The Hall–Kier alpha value is -0.580. The minimum absolute atomic E-state index is 0.165. The van der Waals surface area contributed by atoms with Gasteiger partial charge in [0.15, 0.2) is 0 Å². The van der Waals surface area contributed by atoms with Crippen LogP contribution in [0.15, 0.2) is 24.3 Å².